The van der Waals surface area contributed by atoms with Gasteiger partial charge in [-0.15, -0.1) is 0 Å². The van der Waals surface area contributed by atoms with E-state index in [9.17, 15) is 10.1 Å². The van der Waals surface area contributed by atoms with Gasteiger partial charge in [-0.05, 0) is 38.5 Å². The Morgan fingerprint density at radius 1 is 1.21 bits per heavy atom. The van der Waals surface area contributed by atoms with Gasteiger partial charge in [-0.25, -0.2) is 4.68 Å². The van der Waals surface area contributed by atoms with Crippen LogP contribution in [0.2, 0.25) is 0 Å². The summed E-state index contributed by atoms with van der Waals surface area (Å²) in [4.78, 5) is 13.5. The first-order valence-electron chi connectivity index (χ1n) is 9.21. The molecule has 3 rings (SSSR count). The van der Waals surface area contributed by atoms with E-state index in [1.807, 2.05) is 0 Å². The molecular formula is C17H29N5O2. The number of aryl methyl sites for hydroxylation is 2. The molecule has 7 heteroatoms. The second-order valence-electron chi connectivity index (χ2n) is 7.39. The Morgan fingerprint density at radius 3 is 2.50 bits per heavy atom. The van der Waals surface area contributed by atoms with Crippen LogP contribution < -0.4 is 5.32 Å². The summed E-state index contributed by atoms with van der Waals surface area (Å²) in [5.41, 5.74) is 0.585. The average molecular weight is 335 g/mol. The molecule has 2 aliphatic rings. The lowest BCUT2D eigenvalue weighted by atomic mass is 9.88. The van der Waals surface area contributed by atoms with E-state index >= 15 is 0 Å². The summed E-state index contributed by atoms with van der Waals surface area (Å²) in [6.45, 7) is 5.09. The van der Waals surface area contributed by atoms with Crippen LogP contribution in [0, 0.1) is 23.0 Å². The number of piperidine rings is 1. The zero-order valence-corrected chi connectivity index (χ0v) is 14.8. The normalized spacial score (nSPS) is 21.1. The summed E-state index contributed by atoms with van der Waals surface area (Å²) >= 11 is 0. The highest BCUT2D eigenvalue weighted by molar-refractivity contribution is 5.59. The first-order chi connectivity index (χ1) is 11.5. The molecule has 24 heavy (non-hydrogen) atoms. The molecule has 134 valence electrons. The third kappa shape index (κ3) is 3.88. The van der Waals surface area contributed by atoms with Gasteiger partial charge < -0.3 is 10.2 Å². The lowest BCUT2D eigenvalue weighted by molar-refractivity contribution is -0.384. The summed E-state index contributed by atoms with van der Waals surface area (Å²) in [5.74, 6) is 1.42. The van der Waals surface area contributed by atoms with Gasteiger partial charge in [0.05, 0.1) is 4.92 Å². The van der Waals surface area contributed by atoms with Crippen LogP contribution in [0.3, 0.4) is 0 Å². The number of rotatable bonds is 5. The molecule has 0 amide bonds. The quantitative estimate of drug-likeness (QED) is 0.661. The molecule has 2 heterocycles. The topological polar surface area (TPSA) is 76.2 Å². The lowest BCUT2D eigenvalue weighted by Crippen LogP contribution is -2.41. The smallest absolute Gasteiger partial charge is 0.333 e. The molecule has 1 aromatic rings. The highest BCUT2D eigenvalue weighted by atomic mass is 16.6. The Labute approximate surface area is 143 Å². The van der Waals surface area contributed by atoms with E-state index in [1.54, 1.807) is 18.7 Å². The third-order valence-corrected chi connectivity index (χ3v) is 5.54. The Kier molecular flexibility index (Phi) is 5.38. The number of nitrogens with one attached hydrogen (secondary N) is 1. The largest absolute Gasteiger partial charge is 0.362 e. The van der Waals surface area contributed by atoms with Crippen LogP contribution >= 0.6 is 0 Å². The van der Waals surface area contributed by atoms with Gasteiger partial charge in [0, 0.05) is 32.7 Å². The highest BCUT2D eigenvalue weighted by Gasteiger charge is 2.28. The molecule has 7 nitrogen and oxygen atoms in total. The highest BCUT2D eigenvalue weighted by Crippen LogP contribution is 2.30. The van der Waals surface area contributed by atoms with Crippen LogP contribution in [0.1, 0.15) is 50.6 Å². The molecule has 0 atom stereocenters. The second-order valence-corrected chi connectivity index (χ2v) is 7.39. The van der Waals surface area contributed by atoms with Crippen molar-refractivity contribution >= 4 is 11.5 Å². The summed E-state index contributed by atoms with van der Waals surface area (Å²) in [5, 5.41) is 18.8. The third-order valence-electron chi connectivity index (χ3n) is 5.54. The van der Waals surface area contributed by atoms with Crippen molar-refractivity contribution in [3.8, 4) is 0 Å². The molecule has 0 radical (unpaired) electrons. The van der Waals surface area contributed by atoms with E-state index in [1.165, 1.54) is 38.6 Å². The van der Waals surface area contributed by atoms with Crippen molar-refractivity contribution in [2.24, 2.45) is 13.0 Å². The first kappa shape index (κ1) is 17.2. The maximum absolute atomic E-state index is 11.3. The van der Waals surface area contributed by atoms with Gasteiger partial charge in [0.1, 0.15) is 5.69 Å². The molecule has 1 aliphatic heterocycles. The van der Waals surface area contributed by atoms with Gasteiger partial charge >= 0.3 is 5.69 Å². The molecule has 1 aliphatic carbocycles. The molecule has 1 saturated heterocycles. The monoisotopic (exact) mass is 335 g/mol. The summed E-state index contributed by atoms with van der Waals surface area (Å²) in [6, 6.07) is 0.293. The fraction of sp³-hybridized carbons (Fsp3) is 0.824. The molecule has 1 N–H and O–H groups in total. The number of nitrogens with zero attached hydrogens (tertiary/aromatic N) is 4. The second kappa shape index (κ2) is 7.51. The molecule has 0 unspecified atom stereocenters. The predicted octanol–water partition coefficient (Wildman–Crippen LogP) is 3.09. The Bertz CT molecular complexity index is 572. The molecule has 2 fully saturated rings. The van der Waals surface area contributed by atoms with E-state index in [2.05, 4.69) is 15.3 Å². The summed E-state index contributed by atoms with van der Waals surface area (Å²) in [7, 11) is 1.76. The minimum atomic E-state index is -0.330. The fourth-order valence-electron chi connectivity index (χ4n) is 4.22. The van der Waals surface area contributed by atoms with Crippen LogP contribution in [0.5, 0.6) is 0 Å². The number of anilines is 1. The van der Waals surface area contributed by atoms with Gasteiger partial charge in [-0.2, -0.15) is 5.10 Å². The number of hydrogen-bond donors (Lipinski definition) is 1. The molecule has 1 aromatic heterocycles. The first-order valence-corrected chi connectivity index (χ1v) is 9.21. The predicted molar refractivity (Wildman–Crippen MR) is 94.3 cm³/mol. The zero-order chi connectivity index (χ0) is 17.1. The van der Waals surface area contributed by atoms with E-state index < -0.39 is 0 Å². The maximum Gasteiger partial charge on any atom is 0.333 e. The van der Waals surface area contributed by atoms with Crippen LogP contribution in [-0.2, 0) is 7.05 Å². The Morgan fingerprint density at radius 2 is 1.88 bits per heavy atom. The number of hydrogen-bond acceptors (Lipinski definition) is 5. The molecule has 1 saturated carbocycles. The number of aromatic nitrogens is 2. The van der Waals surface area contributed by atoms with Gasteiger partial charge in [0.2, 0.25) is 5.82 Å². The van der Waals surface area contributed by atoms with E-state index in [0.717, 1.165) is 31.8 Å². The van der Waals surface area contributed by atoms with Gasteiger partial charge in [0.25, 0.3) is 0 Å². The molecule has 0 spiro atoms. The zero-order valence-electron chi connectivity index (χ0n) is 14.8. The van der Waals surface area contributed by atoms with Crippen molar-refractivity contribution in [2.75, 3.05) is 25.0 Å². The SMILES string of the molecule is Cc1nn(C)c(NC2CCN(CC3CCCCC3)CC2)c1[N+](=O)[O-]. The average Bonchev–Trinajstić information content (AvgIpc) is 2.84. The maximum atomic E-state index is 11.3. The van der Waals surface area contributed by atoms with Crippen molar-refractivity contribution in [1.29, 1.82) is 0 Å². The number of likely N-dealkylation sites (tertiary alicyclic amines) is 1. The fourth-order valence-corrected chi connectivity index (χ4v) is 4.22. The van der Waals surface area contributed by atoms with Gasteiger partial charge in [0.15, 0.2) is 0 Å². The molecule has 0 bridgehead atoms. The van der Waals surface area contributed by atoms with Crippen molar-refractivity contribution in [1.82, 2.24) is 14.7 Å². The van der Waals surface area contributed by atoms with Crippen molar-refractivity contribution in [3.63, 3.8) is 0 Å². The van der Waals surface area contributed by atoms with Crippen molar-refractivity contribution in [2.45, 2.75) is 57.9 Å². The standard InChI is InChI=1S/C17H29N5O2/c1-13-16(22(23)24)17(20(2)19-13)18-15-8-10-21(11-9-15)12-14-6-4-3-5-7-14/h14-15,18H,3-12H2,1-2H3. The van der Waals surface area contributed by atoms with Gasteiger partial charge in [-0.3, -0.25) is 10.1 Å². The van der Waals surface area contributed by atoms with E-state index in [4.69, 9.17) is 0 Å². The van der Waals surface area contributed by atoms with Crippen LogP contribution in [0.4, 0.5) is 11.5 Å². The Balaban J connectivity index is 1.53. The Hall–Kier alpha value is -1.63. The van der Waals surface area contributed by atoms with Crippen molar-refractivity contribution in [3.05, 3.63) is 15.8 Å². The van der Waals surface area contributed by atoms with Crippen LogP contribution in [0.25, 0.3) is 0 Å². The number of nitro groups is 1. The van der Waals surface area contributed by atoms with Crippen molar-refractivity contribution < 1.29 is 4.92 Å². The van der Waals surface area contributed by atoms with Crippen LogP contribution in [0.15, 0.2) is 0 Å². The van der Waals surface area contributed by atoms with Gasteiger partial charge in [-0.1, -0.05) is 19.3 Å². The summed E-state index contributed by atoms with van der Waals surface area (Å²) < 4.78 is 1.60. The molecule has 0 aromatic carbocycles. The van der Waals surface area contributed by atoms with E-state index in [0.29, 0.717) is 17.6 Å². The molecular weight excluding hydrogens is 306 g/mol. The summed E-state index contributed by atoms with van der Waals surface area (Å²) in [6.07, 6.45) is 9.04. The van der Waals surface area contributed by atoms with Crippen LogP contribution in [-0.4, -0.2) is 45.3 Å². The lowest BCUT2D eigenvalue weighted by Gasteiger charge is -2.35. The van der Waals surface area contributed by atoms with E-state index in [-0.39, 0.29) is 10.6 Å². The minimum Gasteiger partial charge on any atom is -0.362 e. The minimum absolute atomic E-state index is 0.113.